The van der Waals surface area contributed by atoms with Crippen LogP contribution in [-0.2, 0) is 4.79 Å². The molecule has 0 unspecified atom stereocenters. The first kappa shape index (κ1) is 11.3. The van der Waals surface area contributed by atoms with Gasteiger partial charge in [-0.3, -0.25) is 4.79 Å². The van der Waals surface area contributed by atoms with Gasteiger partial charge in [-0.05, 0) is 42.5 Å². The van der Waals surface area contributed by atoms with Crippen LogP contribution in [0.25, 0.3) is 16.7 Å². The number of aromatic nitrogens is 3. The third-order valence-corrected chi connectivity index (χ3v) is 2.66. The third kappa shape index (κ3) is 2.15. The molecular formula is C13H9FN4O. The van der Waals surface area contributed by atoms with Crippen molar-refractivity contribution in [1.29, 1.82) is 0 Å². The normalized spacial score (nSPS) is 10.6. The summed E-state index contributed by atoms with van der Waals surface area (Å²) in [4.78, 5) is 11.8. The van der Waals surface area contributed by atoms with Crippen LogP contribution in [-0.4, -0.2) is 21.4 Å². The Morgan fingerprint density at radius 2 is 1.79 bits per heavy atom. The second-order valence-corrected chi connectivity index (χ2v) is 3.93. The largest absolute Gasteiger partial charge is 0.329 e. The summed E-state index contributed by atoms with van der Waals surface area (Å²) in [6.45, 7) is 0. The fourth-order valence-corrected chi connectivity index (χ4v) is 1.76. The van der Waals surface area contributed by atoms with Crippen LogP contribution in [0.4, 0.5) is 10.1 Å². The molecule has 0 saturated carbocycles. The molecule has 2 aromatic carbocycles. The number of nitrogens with zero attached hydrogens (tertiary/aromatic N) is 3. The number of carbonyl (C=O) groups is 1. The van der Waals surface area contributed by atoms with Gasteiger partial charge >= 0.3 is 0 Å². The van der Waals surface area contributed by atoms with Crippen LogP contribution in [0.5, 0.6) is 0 Å². The van der Waals surface area contributed by atoms with E-state index in [-0.39, 0.29) is 5.82 Å². The molecule has 0 atom stereocenters. The van der Waals surface area contributed by atoms with Crippen LogP contribution >= 0.6 is 0 Å². The number of carbonyl (C=O) groups excluding carboxylic acids is 1. The van der Waals surface area contributed by atoms with E-state index in [2.05, 4.69) is 15.5 Å². The van der Waals surface area contributed by atoms with Crippen molar-refractivity contribution in [1.82, 2.24) is 15.0 Å². The lowest BCUT2D eigenvalue weighted by molar-refractivity contribution is -0.105. The molecule has 3 rings (SSSR count). The van der Waals surface area contributed by atoms with Crippen LogP contribution in [0.15, 0.2) is 42.5 Å². The monoisotopic (exact) mass is 256 g/mol. The molecule has 1 aromatic heterocycles. The van der Waals surface area contributed by atoms with Crippen molar-refractivity contribution in [2.45, 2.75) is 0 Å². The fourth-order valence-electron chi connectivity index (χ4n) is 1.76. The van der Waals surface area contributed by atoms with Gasteiger partial charge in [-0.15, -0.1) is 10.2 Å². The molecule has 6 heteroatoms. The minimum atomic E-state index is -0.307. The Hall–Kier alpha value is -2.76. The number of amides is 1. The maximum atomic E-state index is 12.9. The number of nitrogens with one attached hydrogen (secondary N) is 1. The second-order valence-electron chi connectivity index (χ2n) is 3.93. The van der Waals surface area contributed by atoms with Gasteiger partial charge in [-0.25, -0.2) is 4.39 Å². The molecule has 3 aromatic rings. The van der Waals surface area contributed by atoms with Crippen LogP contribution in [0, 0.1) is 5.82 Å². The Balaban J connectivity index is 2.05. The van der Waals surface area contributed by atoms with Crippen LogP contribution in [0.2, 0.25) is 0 Å². The molecule has 1 N–H and O–H groups in total. The molecule has 0 saturated heterocycles. The Bertz CT molecular complexity index is 736. The van der Waals surface area contributed by atoms with Gasteiger partial charge in [0.05, 0.1) is 5.69 Å². The Morgan fingerprint density at radius 1 is 1.05 bits per heavy atom. The second kappa shape index (κ2) is 4.49. The molecular weight excluding hydrogens is 247 g/mol. The summed E-state index contributed by atoms with van der Waals surface area (Å²) < 4.78 is 12.9. The average molecular weight is 256 g/mol. The standard InChI is InChI=1S/C13H9FN4O/c14-9-1-4-11(5-2-9)18-16-12-6-3-10(15-8-19)7-13(12)17-18/h1-8H,(H,15,19). The number of rotatable bonds is 3. The highest BCUT2D eigenvalue weighted by Crippen LogP contribution is 2.17. The minimum Gasteiger partial charge on any atom is -0.329 e. The van der Waals surface area contributed by atoms with Crippen molar-refractivity contribution in [3.63, 3.8) is 0 Å². The number of hydrogen-bond acceptors (Lipinski definition) is 3. The van der Waals surface area contributed by atoms with Gasteiger partial charge in [0, 0.05) is 5.69 Å². The van der Waals surface area contributed by atoms with E-state index >= 15 is 0 Å². The quantitative estimate of drug-likeness (QED) is 0.730. The van der Waals surface area contributed by atoms with E-state index in [9.17, 15) is 9.18 Å². The molecule has 5 nitrogen and oxygen atoms in total. The fraction of sp³-hybridized carbons (Fsp3) is 0. The molecule has 0 aliphatic heterocycles. The first-order valence-corrected chi connectivity index (χ1v) is 5.59. The van der Waals surface area contributed by atoms with Crippen molar-refractivity contribution in [2.75, 3.05) is 5.32 Å². The lowest BCUT2D eigenvalue weighted by Crippen LogP contribution is -1.97. The van der Waals surface area contributed by atoms with E-state index in [0.29, 0.717) is 28.8 Å². The lowest BCUT2D eigenvalue weighted by Gasteiger charge is -1.97. The van der Waals surface area contributed by atoms with Gasteiger partial charge in [-0.1, -0.05) is 0 Å². The zero-order chi connectivity index (χ0) is 13.2. The van der Waals surface area contributed by atoms with Gasteiger partial charge < -0.3 is 5.32 Å². The molecule has 0 spiro atoms. The van der Waals surface area contributed by atoms with E-state index in [4.69, 9.17) is 0 Å². The number of benzene rings is 2. The maximum absolute atomic E-state index is 12.9. The molecule has 0 fully saturated rings. The molecule has 0 aliphatic rings. The molecule has 0 radical (unpaired) electrons. The molecule has 94 valence electrons. The van der Waals surface area contributed by atoms with Crippen LogP contribution in [0.3, 0.4) is 0 Å². The van der Waals surface area contributed by atoms with Crippen molar-refractivity contribution in [3.05, 3.63) is 48.3 Å². The van der Waals surface area contributed by atoms with Gasteiger partial charge in [0.2, 0.25) is 6.41 Å². The van der Waals surface area contributed by atoms with Crippen molar-refractivity contribution in [3.8, 4) is 5.69 Å². The van der Waals surface area contributed by atoms with Crippen LogP contribution < -0.4 is 5.32 Å². The molecule has 0 aliphatic carbocycles. The topological polar surface area (TPSA) is 59.8 Å². The smallest absolute Gasteiger partial charge is 0.211 e. The summed E-state index contributed by atoms with van der Waals surface area (Å²) in [5.74, 6) is -0.307. The van der Waals surface area contributed by atoms with E-state index in [1.165, 1.54) is 16.9 Å². The summed E-state index contributed by atoms with van der Waals surface area (Å²) in [5.41, 5.74) is 2.66. The molecule has 1 amide bonds. The summed E-state index contributed by atoms with van der Waals surface area (Å²) >= 11 is 0. The summed E-state index contributed by atoms with van der Waals surface area (Å²) in [6, 6.07) is 11.1. The third-order valence-electron chi connectivity index (χ3n) is 2.66. The van der Waals surface area contributed by atoms with Crippen molar-refractivity contribution >= 4 is 23.1 Å². The van der Waals surface area contributed by atoms with E-state index in [1.54, 1.807) is 30.3 Å². The molecule has 19 heavy (non-hydrogen) atoms. The summed E-state index contributed by atoms with van der Waals surface area (Å²) in [5, 5.41) is 11.1. The SMILES string of the molecule is O=CNc1ccc2nn(-c3ccc(F)cc3)nc2c1. The van der Waals surface area contributed by atoms with E-state index in [1.807, 2.05) is 0 Å². The highest BCUT2D eigenvalue weighted by Gasteiger charge is 2.05. The van der Waals surface area contributed by atoms with Gasteiger partial charge in [0.1, 0.15) is 16.9 Å². The van der Waals surface area contributed by atoms with Crippen molar-refractivity contribution < 1.29 is 9.18 Å². The summed E-state index contributed by atoms with van der Waals surface area (Å²) in [7, 11) is 0. The van der Waals surface area contributed by atoms with Gasteiger partial charge in [-0.2, -0.15) is 4.80 Å². The first-order chi connectivity index (χ1) is 9.26. The lowest BCUT2D eigenvalue weighted by atomic mass is 10.3. The zero-order valence-electron chi connectivity index (χ0n) is 9.75. The van der Waals surface area contributed by atoms with Crippen molar-refractivity contribution in [2.24, 2.45) is 0 Å². The number of halogens is 1. The highest BCUT2D eigenvalue weighted by molar-refractivity contribution is 5.82. The summed E-state index contributed by atoms with van der Waals surface area (Å²) in [6.07, 6.45) is 0.603. The average Bonchev–Trinajstić information content (AvgIpc) is 2.83. The number of anilines is 1. The van der Waals surface area contributed by atoms with Gasteiger partial charge in [0.25, 0.3) is 0 Å². The maximum Gasteiger partial charge on any atom is 0.211 e. The number of fused-ring (bicyclic) bond motifs is 1. The Morgan fingerprint density at radius 3 is 2.53 bits per heavy atom. The predicted molar refractivity (Wildman–Crippen MR) is 68.5 cm³/mol. The Labute approximate surface area is 107 Å². The zero-order valence-corrected chi connectivity index (χ0v) is 9.75. The highest BCUT2D eigenvalue weighted by atomic mass is 19.1. The van der Waals surface area contributed by atoms with E-state index < -0.39 is 0 Å². The van der Waals surface area contributed by atoms with E-state index in [0.717, 1.165) is 0 Å². The molecule has 0 bridgehead atoms. The number of hydrogen-bond donors (Lipinski definition) is 1. The first-order valence-electron chi connectivity index (χ1n) is 5.59. The Kier molecular flexibility index (Phi) is 2.68. The molecule has 1 heterocycles. The van der Waals surface area contributed by atoms with Crippen LogP contribution in [0.1, 0.15) is 0 Å². The van der Waals surface area contributed by atoms with Gasteiger partial charge in [0.15, 0.2) is 0 Å². The predicted octanol–water partition coefficient (Wildman–Crippen LogP) is 2.13. The minimum absolute atomic E-state index is 0.307.